The number of furan rings is 1. The summed E-state index contributed by atoms with van der Waals surface area (Å²) in [5.74, 6) is 1.54. The van der Waals surface area contributed by atoms with Crippen molar-refractivity contribution in [3.8, 4) is 0 Å². The Morgan fingerprint density at radius 1 is 1.24 bits per heavy atom. The topological polar surface area (TPSA) is 58.5 Å². The maximum absolute atomic E-state index is 12.6. The minimum Gasteiger partial charge on any atom is -0.453 e. The summed E-state index contributed by atoms with van der Waals surface area (Å²) in [5.41, 5.74) is 2.54. The van der Waals surface area contributed by atoms with Crippen LogP contribution in [0.3, 0.4) is 0 Å². The summed E-state index contributed by atoms with van der Waals surface area (Å²) in [4.78, 5) is 17.9. The minimum absolute atomic E-state index is 0.0280. The lowest BCUT2D eigenvalue weighted by atomic mass is 9.89. The smallest absolute Gasteiger partial charge is 0.289 e. The van der Waals surface area contributed by atoms with E-state index in [1.165, 1.54) is 16.5 Å². The molecular formula is C20H22N2O3. The molecule has 25 heavy (non-hydrogen) atoms. The monoisotopic (exact) mass is 338 g/mol. The van der Waals surface area contributed by atoms with Crippen LogP contribution in [0.2, 0.25) is 0 Å². The van der Waals surface area contributed by atoms with Crippen LogP contribution in [0.15, 0.2) is 47.0 Å². The zero-order valence-corrected chi connectivity index (χ0v) is 14.3. The number of aromatic amines is 1. The van der Waals surface area contributed by atoms with Crippen LogP contribution in [-0.4, -0.2) is 36.0 Å². The highest BCUT2D eigenvalue weighted by molar-refractivity contribution is 5.91. The molecule has 0 spiro atoms. The van der Waals surface area contributed by atoms with Gasteiger partial charge >= 0.3 is 0 Å². The van der Waals surface area contributed by atoms with Crippen molar-refractivity contribution in [3.63, 3.8) is 0 Å². The number of carbonyl (C=O) groups excluding carboxylic acids is 1. The van der Waals surface area contributed by atoms with Gasteiger partial charge in [0, 0.05) is 37.3 Å². The summed E-state index contributed by atoms with van der Waals surface area (Å²) in [5, 5.41) is 1.29. The number of benzene rings is 1. The molecule has 0 aliphatic carbocycles. The van der Waals surface area contributed by atoms with Gasteiger partial charge in [0.1, 0.15) is 12.4 Å². The van der Waals surface area contributed by atoms with Gasteiger partial charge in [-0.1, -0.05) is 18.2 Å². The lowest BCUT2D eigenvalue weighted by molar-refractivity contribution is 0.0673. The van der Waals surface area contributed by atoms with Gasteiger partial charge in [0.25, 0.3) is 5.91 Å². The molecule has 1 fully saturated rings. The zero-order chi connectivity index (χ0) is 17.2. The predicted octanol–water partition coefficient (Wildman–Crippen LogP) is 3.93. The highest BCUT2D eigenvalue weighted by atomic mass is 16.5. The lowest BCUT2D eigenvalue weighted by Gasteiger charge is -2.31. The van der Waals surface area contributed by atoms with Crippen molar-refractivity contribution in [1.82, 2.24) is 9.88 Å². The second kappa shape index (κ2) is 6.76. The summed E-state index contributed by atoms with van der Waals surface area (Å²) in [6.45, 7) is 1.89. The van der Waals surface area contributed by atoms with E-state index < -0.39 is 0 Å². The maximum Gasteiger partial charge on any atom is 0.289 e. The first-order valence-electron chi connectivity index (χ1n) is 8.69. The van der Waals surface area contributed by atoms with Crippen LogP contribution in [0.1, 0.15) is 40.6 Å². The van der Waals surface area contributed by atoms with Crippen molar-refractivity contribution in [3.05, 3.63) is 59.7 Å². The first-order chi connectivity index (χ1) is 12.3. The molecule has 0 saturated carbocycles. The van der Waals surface area contributed by atoms with Gasteiger partial charge in [-0.05, 0) is 42.5 Å². The number of nitrogens with one attached hydrogen (secondary N) is 1. The molecule has 5 nitrogen and oxygen atoms in total. The number of rotatable bonds is 4. The second-order valence-corrected chi connectivity index (χ2v) is 6.56. The number of hydrogen-bond acceptors (Lipinski definition) is 3. The number of amides is 1. The molecule has 0 radical (unpaired) electrons. The van der Waals surface area contributed by atoms with Crippen molar-refractivity contribution in [1.29, 1.82) is 0 Å². The van der Waals surface area contributed by atoms with Crippen molar-refractivity contribution in [2.24, 2.45) is 0 Å². The number of methoxy groups -OCH3 is 1. The number of nitrogens with zero attached hydrogens (tertiary/aromatic N) is 1. The molecule has 3 aromatic rings. The first kappa shape index (κ1) is 16.0. The molecule has 1 aliphatic rings. The normalized spacial score (nSPS) is 15.8. The average Bonchev–Trinajstić information content (AvgIpc) is 3.29. The zero-order valence-electron chi connectivity index (χ0n) is 14.3. The Hall–Kier alpha value is -2.53. The average molecular weight is 338 g/mol. The number of H-pyrrole nitrogens is 1. The van der Waals surface area contributed by atoms with Crippen LogP contribution in [0, 0.1) is 0 Å². The summed E-state index contributed by atoms with van der Waals surface area (Å²) in [6.07, 6.45) is 4.06. The highest BCUT2D eigenvalue weighted by Gasteiger charge is 2.27. The van der Waals surface area contributed by atoms with Gasteiger partial charge in [0.15, 0.2) is 5.76 Å². The number of likely N-dealkylation sites (tertiary alicyclic amines) is 1. The fourth-order valence-electron chi connectivity index (χ4n) is 3.69. The third-order valence-electron chi connectivity index (χ3n) is 5.00. The number of para-hydroxylation sites is 1. The van der Waals surface area contributed by atoms with Gasteiger partial charge in [-0.25, -0.2) is 0 Å². The third kappa shape index (κ3) is 3.07. The van der Waals surface area contributed by atoms with Gasteiger partial charge in [0.2, 0.25) is 0 Å². The molecule has 1 saturated heterocycles. The Kier molecular flexibility index (Phi) is 4.32. The van der Waals surface area contributed by atoms with E-state index in [2.05, 4.69) is 29.4 Å². The van der Waals surface area contributed by atoms with Gasteiger partial charge in [0.05, 0.1) is 0 Å². The summed E-state index contributed by atoms with van der Waals surface area (Å²) < 4.78 is 10.6. The molecule has 1 aliphatic heterocycles. The second-order valence-electron chi connectivity index (χ2n) is 6.56. The quantitative estimate of drug-likeness (QED) is 0.784. The van der Waals surface area contributed by atoms with Crippen LogP contribution in [0.5, 0.6) is 0 Å². The molecule has 5 heteroatoms. The standard InChI is InChI=1S/C20H22N2O3/c1-24-13-15-6-7-19(25-15)20(23)22-10-8-14(9-11-22)17-12-21-18-5-3-2-4-16(17)18/h2-7,12,14,21H,8-11,13H2,1H3. The van der Waals surface area contributed by atoms with Crippen LogP contribution < -0.4 is 0 Å². The summed E-state index contributed by atoms with van der Waals surface area (Å²) in [7, 11) is 1.61. The Morgan fingerprint density at radius 2 is 2.04 bits per heavy atom. The van der Waals surface area contributed by atoms with E-state index in [0.717, 1.165) is 25.9 Å². The molecule has 1 aromatic carbocycles. The molecule has 4 rings (SSSR count). The maximum atomic E-state index is 12.6. The number of fused-ring (bicyclic) bond motifs is 1. The molecule has 1 amide bonds. The number of ether oxygens (including phenoxy) is 1. The fourth-order valence-corrected chi connectivity index (χ4v) is 3.69. The van der Waals surface area contributed by atoms with E-state index in [1.807, 2.05) is 11.0 Å². The molecule has 3 heterocycles. The van der Waals surface area contributed by atoms with Crippen LogP contribution in [0.25, 0.3) is 10.9 Å². The van der Waals surface area contributed by atoms with E-state index in [-0.39, 0.29) is 5.91 Å². The van der Waals surface area contributed by atoms with E-state index in [1.54, 1.807) is 19.2 Å². The highest BCUT2D eigenvalue weighted by Crippen LogP contribution is 2.33. The van der Waals surface area contributed by atoms with Gasteiger partial charge in [-0.2, -0.15) is 0 Å². The van der Waals surface area contributed by atoms with E-state index in [9.17, 15) is 4.79 Å². The predicted molar refractivity (Wildman–Crippen MR) is 95.6 cm³/mol. The number of carbonyl (C=O) groups is 1. The summed E-state index contributed by atoms with van der Waals surface area (Å²) in [6, 6.07) is 11.9. The van der Waals surface area contributed by atoms with Crippen molar-refractivity contribution in [2.45, 2.75) is 25.4 Å². The lowest BCUT2D eigenvalue weighted by Crippen LogP contribution is -2.37. The van der Waals surface area contributed by atoms with Crippen LogP contribution in [-0.2, 0) is 11.3 Å². The molecule has 0 bridgehead atoms. The minimum atomic E-state index is -0.0280. The molecule has 2 aromatic heterocycles. The van der Waals surface area contributed by atoms with Crippen molar-refractivity contribution < 1.29 is 13.9 Å². The van der Waals surface area contributed by atoms with E-state index in [4.69, 9.17) is 9.15 Å². The number of piperidine rings is 1. The Balaban J connectivity index is 1.43. The Morgan fingerprint density at radius 3 is 2.84 bits per heavy atom. The molecule has 0 atom stereocenters. The van der Waals surface area contributed by atoms with Gasteiger partial charge in [-0.3, -0.25) is 4.79 Å². The molecule has 1 N–H and O–H groups in total. The molecule has 130 valence electrons. The Bertz CT molecular complexity index is 872. The van der Waals surface area contributed by atoms with E-state index >= 15 is 0 Å². The fraction of sp³-hybridized carbons (Fsp3) is 0.350. The van der Waals surface area contributed by atoms with Gasteiger partial charge < -0.3 is 19.0 Å². The van der Waals surface area contributed by atoms with Crippen molar-refractivity contribution in [2.75, 3.05) is 20.2 Å². The molecular weight excluding hydrogens is 316 g/mol. The van der Waals surface area contributed by atoms with E-state index in [0.29, 0.717) is 24.0 Å². The van der Waals surface area contributed by atoms with Crippen molar-refractivity contribution >= 4 is 16.8 Å². The van der Waals surface area contributed by atoms with Crippen LogP contribution in [0.4, 0.5) is 0 Å². The first-order valence-corrected chi connectivity index (χ1v) is 8.69. The largest absolute Gasteiger partial charge is 0.453 e. The Labute approximate surface area is 146 Å². The van der Waals surface area contributed by atoms with Crippen LogP contribution >= 0.6 is 0 Å². The SMILES string of the molecule is COCc1ccc(C(=O)N2CCC(c3c[nH]c4ccccc34)CC2)o1. The van der Waals surface area contributed by atoms with Gasteiger partial charge in [-0.15, -0.1) is 0 Å². The number of hydrogen-bond donors (Lipinski definition) is 1. The molecule has 0 unspecified atom stereocenters. The summed E-state index contributed by atoms with van der Waals surface area (Å²) >= 11 is 0. The third-order valence-corrected chi connectivity index (χ3v) is 5.00. The number of aromatic nitrogens is 1.